The highest BCUT2D eigenvalue weighted by Crippen LogP contribution is 2.25. The van der Waals surface area contributed by atoms with Gasteiger partial charge in [-0.2, -0.15) is 0 Å². The Bertz CT molecular complexity index is 702. The van der Waals surface area contributed by atoms with Gasteiger partial charge in [0.2, 0.25) is 0 Å². The minimum absolute atomic E-state index is 0.168. The first-order valence-electron chi connectivity index (χ1n) is 8.32. The molecule has 1 amide bonds. The number of nitrogens with one attached hydrogen (secondary N) is 2. The molecule has 0 unspecified atom stereocenters. The maximum atomic E-state index is 12.2. The van der Waals surface area contributed by atoms with Crippen molar-refractivity contribution in [3.05, 3.63) is 46.9 Å². The van der Waals surface area contributed by atoms with E-state index in [1.807, 2.05) is 0 Å². The van der Waals surface area contributed by atoms with Crippen LogP contribution in [0.1, 0.15) is 47.4 Å². The molecule has 0 saturated heterocycles. The topological polar surface area (TPSA) is 66.9 Å². The minimum Gasteiger partial charge on any atom is -0.351 e. The molecule has 0 radical (unpaired) electrons. The molecule has 5 nitrogen and oxygen atoms in total. The number of aryl methyl sites for hydroxylation is 3. The third-order valence-electron chi connectivity index (χ3n) is 3.84. The van der Waals surface area contributed by atoms with Crippen LogP contribution in [0, 0.1) is 26.7 Å². The summed E-state index contributed by atoms with van der Waals surface area (Å²) in [6.45, 7) is 11.1. The third-order valence-corrected chi connectivity index (χ3v) is 3.84. The third kappa shape index (κ3) is 4.78. The number of benzene rings is 1. The Morgan fingerprint density at radius 3 is 2.38 bits per heavy atom. The number of aromatic nitrogens is 2. The molecule has 1 aromatic heterocycles. The average Bonchev–Trinajstić information content (AvgIpc) is 2.50. The molecule has 24 heavy (non-hydrogen) atoms. The van der Waals surface area contributed by atoms with E-state index in [0.29, 0.717) is 24.0 Å². The van der Waals surface area contributed by atoms with Crippen LogP contribution in [0.25, 0.3) is 0 Å². The number of hydrogen-bond acceptors (Lipinski definition) is 4. The van der Waals surface area contributed by atoms with Crippen molar-refractivity contribution in [1.29, 1.82) is 0 Å². The smallest absolute Gasteiger partial charge is 0.270 e. The van der Waals surface area contributed by atoms with E-state index in [1.165, 1.54) is 11.9 Å². The highest BCUT2D eigenvalue weighted by molar-refractivity contribution is 5.93. The van der Waals surface area contributed by atoms with E-state index in [9.17, 15) is 4.79 Å². The fourth-order valence-corrected chi connectivity index (χ4v) is 2.62. The van der Waals surface area contributed by atoms with Crippen LogP contribution in [0.15, 0.2) is 24.5 Å². The van der Waals surface area contributed by atoms with E-state index in [-0.39, 0.29) is 5.91 Å². The molecule has 1 aromatic carbocycles. The van der Waals surface area contributed by atoms with Gasteiger partial charge in [0.05, 0.1) is 0 Å². The Balaban J connectivity index is 2.12. The molecule has 0 aliphatic carbocycles. The second-order valence-corrected chi connectivity index (χ2v) is 6.63. The molecule has 0 atom stereocenters. The van der Waals surface area contributed by atoms with Crippen molar-refractivity contribution in [3.63, 3.8) is 0 Å². The van der Waals surface area contributed by atoms with Crippen LogP contribution < -0.4 is 10.6 Å². The first-order valence-corrected chi connectivity index (χ1v) is 8.32. The van der Waals surface area contributed by atoms with Gasteiger partial charge in [0.1, 0.15) is 17.8 Å². The van der Waals surface area contributed by atoms with E-state index in [4.69, 9.17) is 0 Å². The summed E-state index contributed by atoms with van der Waals surface area (Å²) in [5.41, 5.74) is 4.91. The summed E-state index contributed by atoms with van der Waals surface area (Å²) in [7, 11) is 0. The molecule has 1 heterocycles. The molecule has 0 saturated carbocycles. The van der Waals surface area contributed by atoms with Crippen molar-refractivity contribution in [2.45, 2.75) is 41.0 Å². The Labute approximate surface area is 143 Å². The van der Waals surface area contributed by atoms with Crippen LogP contribution in [-0.4, -0.2) is 22.4 Å². The van der Waals surface area contributed by atoms with Crippen molar-refractivity contribution < 1.29 is 4.79 Å². The number of amides is 1. The lowest BCUT2D eigenvalue weighted by atomic mass is 10.1. The molecule has 2 aromatic rings. The van der Waals surface area contributed by atoms with Gasteiger partial charge in [-0.05, 0) is 44.2 Å². The van der Waals surface area contributed by atoms with Crippen molar-refractivity contribution in [2.24, 2.45) is 5.92 Å². The average molecular weight is 326 g/mol. The summed E-state index contributed by atoms with van der Waals surface area (Å²) < 4.78 is 0. The molecule has 0 aliphatic heterocycles. The highest BCUT2D eigenvalue weighted by atomic mass is 16.1. The largest absolute Gasteiger partial charge is 0.351 e. The number of rotatable bonds is 6. The molecular formula is C19H26N4O. The molecule has 128 valence electrons. The highest BCUT2D eigenvalue weighted by Gasteiger charge is 2.10. The molecule has 2 rings (SSSR count). The van der Waals surface area contributed by atoms with Crippen LogP contribution in [-0.2, 0) is 0 Å². The summed E-state index contributed by atoms with van der Waals surface area (Å²) in [6, 6.07) is 5.93. The zero-order valence-corrected chi connectivity index (χ0v) is 15.1. The summed E-state index contributed by atoms with van der Waals surface area (Å²) in [5, 5.41) is 6.20. The van der Waals surface area contributed by atoms with Crippen LogP contribution in [0.4, 0.5) is 11.5 Å². The van der Waals surface area contributed by atoms with Crippen LogP contribution in [0.5, 0.6) is 0 Å². The molecule has 0 fully saturated rings. The Kier molecular flexibility index (Phi) is 5.90. The molecular weight excluding hydrogens is 300 g/mol. The zero-order chi connectivity index (χ0) is 17.7. The Morgan fingerprint density at radius 2 is 1.75 bits per heavy atom. The molecule has 0 bridgehead atoms. The van der Waals surface area contributed by atoms with Crippen molar-refractivity contribution >= 4 is 17.4 Å². The summed E-state index contributed by atoms with van der Waals surface area (Å²) in [6.07, 6.45) is 2.36. The fraction of sp³-hybridized carbons (Fsp3) is 0.421. The van der Waals surface area contributed by atoms with E-state index >= 15 is 0 Å². The first kappa shape index (κ1) is 17.9. The van der Waals surface area contributed by atoms with Gasteiger partial charge in [0.15, 0.2) is 0 Å². The van der Waals surface area contributed by atoms with Gasteiger partial charge in [-0.15, -0.1) is 0 Å². The lowest BCUT2D eigenvalue weighted by molar-refractivity contribution is 0.0947. The molecule has 5 heteroatoms. The Hall–Kier alpha value is -2.43. The van der Waals surface area contributed by atoms with Crippen molar-refractivity contribution in [2.75, 3.05) is 11.9 Å². The number of nitrogens with zero attached hydrogens (tertiary/aromatic N) is 2. The standard InChI is InChI=1S/C19H26N4O/c1-12(2)6-7-20-19(24)16-10-17(22-11-21-16)23-18-14(4)8-13(3)9-15(18)5/h8-12H,6-7H2,1-5H3,(H,20,24)(H,21,22,23). The van der Waals surface area contributed by atoms with Gasteiger partial charge >= 0.3 is 0 Å². The first-order chi connectivity index (χ1) is 11.4. The number of hydrogen-bond donors (Lipinski definition) is 2. The van der Waals surface area contributed by atoms with E-state index in [0.717, 1.165) is 23.2 Å². The quantitative estimate of drug-likeness (QED) is 0.844. The fourth-order valence-electron chi connectivity index (χ4n) is 2.62. The molecule has 2 N–H and O–H groups in total. The Morgan fingerprint density at radius 1 is 1.08 bits per heavy atom. The zero-order valence-electron chi connectivity index (χ0n) is 15.1. The monoisotopic (exact) mass is 326 g/mol. The number of anilines is 2. The molecule has 0 spiro atoms. The van der Waals surface area contributed by atoms with Gasteiger partial charge in [-0.3, -0.25) is 4.79 Å². The predicted octanol–water partition coefficient (Wildman–Crippen LogP) is 3.92. The minimum atomic E-state index is -0.168. The van der Waals surface area contributed by atoms with Crippen LogP contribution in [0.2, 0.25) is 0 Å². The maximum Gasteiger partial charge on any atom is 0.270 e. The number of carbonyl (C=O) groups is 1. The summed E-state index contributed by atoms with van der Waals surface area (Å²) >= 11 is 0. The van der Waals surface area contributed by atoms with Gasteiger partial charge in [0.25, 0.3) is 5.91 Å². The summed E-state index contributed by atoms with van der Waals surface area (Å²) in [4.78, 5) is 20.5. The van der Waals surface area contributed by atoms with Crippen molar-refractivity contribution in [3.8, 4) is 0 Å². The summed E-state index contributed by atoms with van der Waals surface area (Å²) in [5.74, 6) is 1.01. The van der Waals surface area contributed by atoms with Gasteiger partial charge < -0.3 is 10.6 Å². The normalized spacial score (nSPS) is 10.8. The SMILES string of the molecule is Cc1cc(C)c(Nc2cc(C(=O)NCCC(C)C)ncn2)c(C)c1. The second kappa shape index (κ2) is 7.90. The van der Waals surface area contributed by atoms with Gasteiger partial charge in [0, 0.05) is 18.3 Å². The van der Waals surface area contributed by atoms with Crippen LogP contribution >= 0.6 is 0 Å². The molecule has 0 aliphatic rings. The van der Waals surface area contributed by atoms with Gasteiger partial charge in [-0.1, -0.05) is 31.5 Å². The lowest BCUT2D eigenvalue weighted by Crippen LogP contribution is -2.26. The van der Waals surface area contributed by atoms with E-state index < -0.39 is 0 Å². The maximum absolute atomic E-state index is 12.2. The van der Waals surface area contributed by atoms with E-state index in [2.05, 4.69) is 67.4 Å². The predicted molar refractivity (Wildman–Crippen MR) is 97.8 cm³/mol. The van der Waals surface area contributed by atoms with Crippen molar-refractivity contribution in [1.82, 2.24) is 15.3 Å². The second-order valence-electron chi connectivity index (χ2n) is 6.63. The van der Waals surface area contributed by atoms with Crippen LogP contribution in [0.3, 0.4) is 0 Å². The number of carbonyl (C=O) groups excluding carboxylic acids is 1. The lowest BCUT2D eigenvalue weighted by Gasteiger charge is -2.13. The van der Waals surface area contributed by atoms with Gasteiger partial charge in [-0.25, -0.2) is 9.97 Å². The van der Waals surface area contributed by atoms with E-state index in [1.54, 1.807) is 6.07 Å².